The highest BCUT2D eigenvalue weighted by Gasteiger charge is 2.12. The molecule has 0 unspecified atom stereocenters. The molecule has 0 saturated heterocycles. The van der Waals surface area contributed by atoms with E-state index in [0.29, 0.717) is 13.0 Å². The van der Waals surface area contributed by atoms with Crippen molar-refractivity contribution < 1.29 is 9.53 Å². The van der Waals surface area contributed by atoms with Crippen LogP contribution in [0.5, 0.6) is 0 Å². The van der Waals surface area contributed by atoms with E-state index in [2.05, 4.69) is 29.8 Å². The molecule has 0 bridgehead atoms. The molecule has 0 aromatic rings. The molecule has 0 N–H and O–H groups in total. The van der Waals surface area contributed by atoms with Gasteiger partial charge in [0, 0.05) is 11.8 Å². The van der Waals surface area contributed by atoms with Gasteiger partial charge in [-0.1, -0.05) is 94.0 Å². The number of carbonyl (C=O) groups is 1. The predicted octanol–water partition coefficient (Wildman–Crippen LogP) is 7.43. The smallest absolute Gasteiger partial charge is 0.305 e. The number of carbonyl (C=O) groups excluding carboxylic acids is 1. The third-order valence-electron chi connectivity index (χ3n) is 4.73. The van der Waals surface area contributed by atoms with E-state index >= 15 is 0 Å². The highest BCUT2D eigenvalue weighted by Crippen LogP contribution is 2.23. The van der Waals surface area contributed by atoms with Crippen LogP contribution in [0.25, 0.3) is 0 Å². The van der Waals surface area contributed by atoms with Crippen LogP contribution in [0.3, 0.4) is 0 Å². The van der Waals surface area contributed by atoms with Crippen LogP contribution < -0.4 is 0 Å². The fourth-order valence-electron chi connectivity index (χ4n) is 3.11. The van der Waals surface area contributed by atoms with Gasteiger partial charge in [0.15, 0.2) is 0 Å². The molecular weight excluding hydrogens is 364 g/mol. The molecule has 0 aliphatic heterocycles. The summed E-state index contributed by atoms with van der Waals surface area (Å²) >= 11 is 3.42. The van der Waals surface area contributed by atoms with E-state index in [1.807, 2.05) is 0 Å². The summed E-state index contributed by atoms with van der Waals surface area (Å²) in [6, 6.07) is 0. The van der Waals surface area contributed by atoms with E-state index in [1.165, 1.54) is 64.2 Å². The first-order valence-corrected chi connectivity index (χ1v) is 11.6. The topological polar surface area (TPSA) is 26.3 Å². The molecule has 0 radical (unpaired) electrons. The standard InChI is InChI=1S/C21H41BrO2/c1-3-5-7-10-14-20(15-11-8-6-4-2)16-17-21(23)24-19-13-9-12-18-22/h20H,3-19H2,1-2H3. The second kappa shape index (κ2) is 19.3. The monoisotopic (exact) mass is 404 g/mol. The van der Waals surface area contributed by atoms with Gasteiger partial charge < -0.3 is 4.74 Å². The number of halogens is 1. The summed E-state index contributed by atoms with van der Waals surface area (Å²) in [5.41, 5.74) is 0. The van der Waals surface area contributed by atoms with Gasteiger partial charge >= 0.3 is 5.97 Å². The summed E-state index contributed by atoms with van der Waals surface area (Å²) in [5.74, 6) is 0.737. The molecule has 144 valence electrons. The molecule has 0 aliphatic rings. The van der Waals surface area contributed by atoms with Crippen molar-refractivity contribution in [3.05, 3.63) is 0 Å². The summed E-state index contributed by atoms with van der Waals surface area (Å²) in [7, 11) is 0. The number of hydrogen-bond acceptors (Lipinski definition) is 2. The number of ether oxygens (including phenoxy) is 1. The Morgan fingerprint density at radius 3 is 1.92 bits per heavy atom. The van der Waals surface area contributed by atoms with E-state index in [4.69, 9.17) is 4.74 Å². The van der Waals surface area contributed by atoms with Crippen molar-refractivity contribution in [3.8, 4) is 0 Å². The third kappa shape index (κ3) is 16.8. The van der Waals surface area contributed by atoms with Crippen LogP contribution >= 0.6 is 15.9 Å². The predicted molar refractivity (Wildman–Crippen MR) is 109 cm³/mol. The van der Waals surface area contributed by atoms with Crippen molar-refractivity contribution in [2.24, 2.45) is 5.92 Å². The minimum absolute atomic E-state index is 0.0148. The number of hydrogen-bond donors (Lipinski definition) is 0. The Labute approximate surface area is 159 Å². The second-order valence-electron chi connectivity index (χ2n) is 7.07. The maximum absolute atomic E-state index is 11.9. The summed E-state index contributed by atoms with van der Waals surface area (Å²) in [4.78, 5) is 11.9. The first-order chi connectivity index (χ1) is 11.7. The van der Waals surface area contributed by atoms with Gasteiger partial charge in [-0.15, -0.1) is 0 Å². The molecule has 24 heavy (non-hydrogen) atoms. The Morgan fingerprint density at radius 2 is 1.38 bits per heavy atom. The quantitative estimate of drug-likeness (QED) is 0.135. The van der Waals surface area contributed by atoms with Crippen LogP contribution in [0.2, 0.25) is 0 Å². The fraction of sp³-hybridized carbons (Fsp3) is 0.952. The lowest BCUT2D eigenvalue weighted by Gasteiger charge is -2.16. The molecule has 0 aromatic carbocycles. The number of unbranched alkanes of at least 4 members (excludes halogenated alkanes) is 8. The number of alkyl halides is 1. The fourth-order valence-corrected chi connectivity index (χ4v) is 3.50. The van der Waals surface area contributed by atoms with Gasteiger partial charge in [-0.25, -0.2) is 0 Å². The number of esters is 1. The minimum atomic E-state index is 0.0148. The highest BCUT2D eigenvalue weighted by molar-refractivity contribution is 9.09. The van der Waals surface area contributed by atoms with Crippen molar-refractivity contribution in [2.45, 2.75) is 110 Å². The lowest BCUT2D eigenvalue weighted by molar-refractivity contribution is -0.144. The van der Waals surface area contributed by atoms with Gasteiger partial charge in [0.1, 0.15) is 0 Å². The van der Waals surface area contributed by atoms with Crippen LogP contribution in [0.15, 0.2) is 0 Å². The van der Waals surface area contributed by atoms with Crippen molar-refractivity contribution >= 4 is 21.9 Å². The second-order valence-corrected chi connectivity index (χ2v) is 7.87. The van der Waals surface area contributed by atoms with E-state index < -0.39 is 0 Å². The van der Waals surface area contributed by atoms with E-state index in [9.17, 15) is 4.79 Å². The maximum atomic E-state index is 11.9. The Morgan fingerprint density at radius 1 is 0.792 bits per heavy atom. The van der Waals surface area contributed by atoms with E-state index in [-0.39, 0.29) is 5.97 Å². The lowest BCUT2D eigenvalue weighted by atomic mass is 9.90. The first kappa shape index (κ1) is 23.9. The Balaban J connectivity index is 3.87. The summed E-state index contributed by atoms with van der Waals surface area (Å²) < 4.78 is 5.37. The minimum Gasteiger partial charge on any atom is -0.466 e. The molecule has 0 atom stereocenters. The van der Waals surface area contributed by atoms with Crippen LogP contribution in [-0.2, 0) is 9.53 Å². The van der Waals surface area contributed by atoms with Crippen molar-refractivity contribution in [2.75, 3.05) is 11.9 Å². The lowest BCUT2D eigenvalue weighted by Crippen LogP contribution is -2.10. The Hall–Kier alpha value is -0.0500. The molecule has 0 aromatic heterocycles. The van der Waals surface area contributed by atoms with Crippen LogP contribution in [0.4, 0.5) is 0 Å². The molecule has 0 amide bonds. The Kier molecular flexibility index (Phi) is 19.2. The van der Waals surface area contributed by atoms with Gasteiger partial charge in [0.05, 0.1) is 6.61 Å². The molecule has 0 saturated carbocycles. The average molecular weight is 405 g/mol. The molecule has 0 fully saturated rings. The third-order valence-corrected chi connectivity index (χ3v) is 5.29. The molecule has 0 heterocycles. The highest BCUT2D eigenvalue weighted by atomic mass is 79.9. The molecule has 0 rings (SSSR count). The van der Waals surface area contributed by atoms with Crippen molar-refractivity contribution in [1.29, 1.82) is 0 Å². The largest absolute Gasteiger partial charge is 0.466 e. The van der Waals surface area contributed by atoms with Gasteiger partial charge in [0.2, 0.25) is 0 Å². The number of rotatable bonds is 18. The summed E-state index contributed by atoms with van der Waals surface area (Å²) in [6.45, 7) is 5.12. The normalized spacial score (nSPS) is 11.2. The van der Waals surface area contributed by atoms with Crippen LogP contribution in [-0.4, -0.2) is 17.9 Å². The molecule has 0 spiro atoms. The van der Waals surface area contributed by atoms with Gasteiger partial charge in [-0.2, -0.15) is 0 Å². The first-order valence-electron chi connectivity index (χ1n) is 10.5. The van der Waals surface area contributed by atoms with Crippen molar-refractivity contribution in [3.63, 3.8) is 0 Å². The molecule has 3 heteroatoms. The zero-order chi connectivity index (χ0) is 17.9. The summed E-state index contributed by atoms with van der Waals surface area (Å²) in [5, 5.41) is 1.04. The van der Waals surface area contributed by atoms with Crippen LogP contribution in [0.1, 0.15) is 110 Å². The zero-order valence-electron chi connectivity index (χ0n) is 16.3. The molecule has 2 nitrogen and oxygen atoms in total. The molecular formula is C21H41BrO2. The zero-order valence-corrected chi connectivity index (χ0v) is 17.9. The van der Waals surface area contributed by atoms with E-state index in [1.54, 1.807) is 0 Å². The SMILES string of the molecule is CCCCCCC(CCCCCC)CCC(=O)OCCCCCBr. The maximum Gasteiger partial charge on any atom is 0.305 e. The van der Waals surface area contributed by atoms with Crippen LogP contribution in [0, 0.1) is 5.92 Å². The van der Waals surface area contributed by atoms with Gasteiger partial charge in [-0.3, -0.25) is 4.79 Å². The summed E-state index contributed by atoms with van der Waals surface area (Å²) in [6.07, 6.45) is 18.2. The van der Waals surface area contributed by atoms with Gasteiger partial charge in [-0.05, 0) is 31.6 Å². The van der Waals surface area contributed by atoms with Crippen molar-refractivity contribution in [1.82, 2.24) is 0 Å². The Bertz CT molecular complexity index is 257. The average Bonchev–Trinajstić information content (AvgIpc) is 2.59. The van der Waals surface area contributed by atoms with Gasteiger partial charge in [0.25, 0.3) is 0 Å². The van der Waals surface area contributed by atoms with E-state index in [0.717, 1.165) is 36.9 Å². The molecule has 0 aliphatic carbocycles.